The van der Waals surface area contributed by atoms with Crippen LogP contribution in [-0.4, -0.2) is 25.5 Å². The Labute approximate surface area is 138 Å². The minimum absolute atomic E-state index is 0.0767. The maximum Gasteiger partial charge on any atom is 0.255 e. The van der Waals surface area contributed by atoms with Crippen LogP contribution in [0.1, 0.15) is 24.0 Å². The molecule has 3 aromatic rings. The van der Waals surface area contributed by atoms with Crippen molar-refractivity contribution in [3.8, 4) is 5.95 Å². The van der Waals surface area contributed by atoms with Gasteiger partial charge < -0.3 is 0 Å². The summed E-state index contributed by atoms with van der Waals surface area (Å²) in [6.07, 6.45) is 6.54. The summed E-state index contributed by atoms with van der Waals surface area (Å²) in [5, 5.41) is 4.02. The normalized spacial score (nSPS) is 15.2. The van der Waals surface area contributed by atoms with Gasteiger partial charge in [-0.2, -0.15) is 5.10 Å². The van der Waals surface area contributed by atoms with Gasteiger partial charge in [0.15, 0.2) is 0 Å². The van der Waals surface area contributed by atoms with Crippen molar-refractivity contribution in [1.29, 1.82) is 0 Å². The highest BCUT2D eigenvalue weighted by molar-refractivity contribution is 5.94. The van der Waals surface area contributed by atoms with E-state index < -0.39 is 5.41 Å². The van der Waals surface area contributed by atoms with Gasteiger partial charge in [-0.25, -0.2) is 9.67 Å². The molecule has 6 nitrogen and oxygen atoms in total. The molecule has 2 aromatic heterocycles. The molecular weight excluding hydrogens is 304 g/mol. The molecule has 1 aromatic carbocycles. The summed E-state index contributed by atoms with van der Waals surface area (Å²) >= 11 is 0. The Morgan fingerprint density at radius 1 is 1.21 bits per heavy atom. The number of aromatic nitrogens is 4. The Bertz CT molecular complexity index is 925. The fraction of sp³-hybridized carbons (Fsp3) is 0.222. The number of nitrogens with one attached hydrogen (secondary N) is 1. The number of rotatable bonds is 5. The number of ketones is 1. The van der Waals surface area contributed by atoms with Crippen LogP contribution in [0.15, 0.2) is 59.8 Å². The molecular formula is C18H16N4O2. The molecule has 6 heteroatoms. The van der Waals surface area contributed by atoms with Gasteiger partial charge in [0.25, 0.3) is 5.56 Å². The Balaban J connectivity index is 1.58. The maximum atomic E-state index is 12.8. The van der Waals surface area contributed by atoms with Crippen LogP contribution in [0.3, 0.4) is 0 Å². The van der Waals surface area contributed by atoms with Crippen LogP contribution < -0.4 is 5.56 Å². The second-order valence-electron chi connectivity index (χ2n) is 6.06. The van der Waals surface area contributed by atoms with Gasteiger partial charge in [0.05, 0.1) is 5.41 Å². The molecule has 2 heterocycles. The van der Waals surface area contributed by atoms with E-state index in [2.05, 4.69) is 15.1 Å². The smallest absolute Gasteiger partial charge is 0.255 e. The van der Waals surface area contributed by atoms with E-state index in [1.807, 2.05) is 30.3 Å². The average Bonchev–Trinajstić information content (AvgIpc) is 3.25. The molecule has 120 valence electrons. The van der Waals surface area contributed by atoms with Crippen molar-refractivity contribution in [2.75, 3.05) is 0 Å². The van der Waals surface area contributed by atoms with Crippen molar-refractivity contribution in [3.63, 3.8) is 0 Å². The number of aromatic amines is 1. The first kappa shape index (κ1) is 14.6. The van der Waals surface area contributed by atoms with Crippen molar-refractivity contribution >= 4 is 5.78 Å². The van der Waals surface area contributed by atoms with Crippen LogP contribution in [0.25, 0.3) is 5.95 Å². The highest BCUT2D eigenvalue weighted by Gasteiger charge is 2.50. The Morgan fingerprint density at radius 2 is 2.00 bits per heavy atom. The van der Waals surface area contributed by atoms with E-state index in [1.54, 1.807) is 18.5 Å². The number of carbonyl (C=O) groups excluding carboxylic acids is 1. The summed E-state index contributed by atoms with van der Waals surface area (Å²) < 4.78 is 1.47. The Hall–Kier alpha value is -3.02. The zero-order valence-corrected chi connectivity index (χ0v) is 13.0. The summed E-state index contributed by atoms with van der Waals surface area (Å²) in [4.78, 5) is 31.9. The van der Waals surface area contributed by atoms with Crippen LogP contribution in [-0.2, 0) is 16.6 Å². The SMILES string of the molecule is O=C(Cc1cnc(-n2cccn2)[nH]c1=O)C1(c2ccccc2)CC1. The molecule has 1 aliphatic rings. The lowest BCUT2D eigenvalue weighted by Crippen LogP contribution is -2.26. The Morgan fingerprint density at radius 3 is 2.62 bits per heavy atom. The zero-order valence-electron chi connectivity index (χ0n) is 13.0. The van der Waals surface area contributed by atoms with Crippen molar-refractivity contribution in [2.24, 2.45) is 0 Å². The molecule has 1 saturated carbocycles. The highest BCUT2D eigenvalue weighted by atomic mass is 16.1. The lowest BCUT2D eigenvalue weighted by molar-refractivity contribution is -0.120. The number of benzene rings is 1. The predicted octanol–water partition coefficient (Wildman–Crippen LogP) is 1.80. The molecule has 0 atom stereocenters. The molecule has 1 aliphatic carbocycles. The van der Waals surface area contributed by atoms with Gasteiger partial charge in [0.2, 0.25) is 5.95 Å². The molecule has 0 bridgehead atoms. The van der Waals surface area contributed by atoms with E-state index in [1.165, 1.54) is 10.9 Å². The third-order valence-electron chi connectivity index (χ3n) is 4.54. The number of H-pyrrole nitrogens is 1. The van der Waals surface area contributed by atoms with Crippen molar-refractivity contribution < 1.29 is 4.79 Å². The van der Waals surface area contributed by atoms with E-state index in [9.17, 15) is 9.59 Å². The van der Waals surface area contributed by atoms with Gasteiger partial charge in [0, 0.05) is 30.6 Å². The summed E-state index contributed by atoms with van der Waals surface area (Å²) in [6, 6.07) is 11.5. The van der Waals surface area contributed by atoms with Gasteiger partial charge in [-0.05, 0) is 24.5 Å². The number of carbonyl (C=O) groups is 1. The number of hydrogen-bond donors (Lipinski definition) is 1. The quantitative estimate of drug-likeness (QED) is 0.777. The van der Waals surface area contributed by atoms with Crippen molar-refractivity contribution in [3.05, 3.63) is 76.5 Å². The molecule has 24 heavy (non-hydrogen) atoms. The number of Topliss-reactive ketones (excluding diaryl/α,β-unsaturated/α-hetero) is 1. The third kappa shape index (κ3) is 2.46. The largest absolute Gasteiger partial charge is 0.298 e. The van der Waals surface area contributed by atoms with Gasteiger partial charge in [-0.3, -0.25) is 14.6 Å². The highest BCUT2D eigenvalue weighted by Crippen LogP contribution is 2.49. The maximum absolute atomic E-state index is 12.8. The molecule has 4 rings (SSSR count). The van der Waals surface area contributed by atoms with Crippen LogP contribution in [0, 0.1) is 0 Å². The monoisotopic (exact) mass is 320 g/mol. The molecule has 1 fully saturated rings. The van der Waals surface area contributed by atoms with Crippen molar-refractivity contribution in [2.45, 2.75) is 24.7 Å². The van der Waals surface area contributed by atoms with Gasteiger partial charge in [-0.1, -0.05) is 30.3 Å². The zero-order chi connectivity index (χ0) is 16.6. The summed E-state index contributed by atoms with van der Waals surface area (Å²) in [5.74, 6) is 0.415. The van der Waals surface area contributed by atoms with Crippen LogP contribution >= 0.6 is 0 Å². The fourth-order valence-electron chi connectivity index (χ4n) is 3.00. The molecule has 0 aliphatic heterocycles. The van der Waals surface area contributed by atoms with Crippen LogP contribution in [0.4, 0.5) is 0 Å². The lowest BCUT2D eigenvalue weighted by atomic mass is 9.88. The van der Waals surface area contributed by atoms with Crippen LogP contribution in [0.5, 0.6) is 0 Å². The summed E-state index contributed by atoms with van der Waals surface area (Å²) in [6.45, 7) is 0. The van der Waals surface area contributed by atoms with E-state index in [0.717, 1.165) is 18.4 Å². The second kappa shape index (κ2) is 5.56. The third-order valence-corrected chi connectivity index (χ3v) is 4.54. The summed E-state index contributed by atoms with van der Waals surface area (Å²) in [5.41, 5.74) is 0.701. The van der Waals surface area contributed by atoms with Gasteiger partial charge in [0.1, 0.15) is 5.78 Å². The van der Waals surface area contributed by atoms with E-state index in [-0.39, 0.29) is 17.8 Å². The Kier molecular flexibility index (Phi) is 3.37. The lowest BCUT2D eigenvalue weighted by Gasteiger charge is -2.14. The molecule has 0 radical (unpaired) electrons. The van der Waals surface area contributed by atoms with Gasteiger partial charge >= 0.3 is 0 Å². The molecule has 0 spiro atoms. The average molecular weight is 320 g/mol. The molecule has 1 N–H and O–H groups in total. The van der Waals surface area contributed by atoms with Crippen molar-refractivity contribution in [1.82, 2.24) is 19.7 Å². The minimum atomic E-state index is -0.422. The van der Waals surface area contributed by atoms with Gasteiger partial charge in [-0.15, -0.1) is 0 Å². The first-order valence-electron chi connectivity index (χ1n) is 7.86. The number of hydrogen-bond acceptors (Lipinski definition) is 4. The molecule has 0 saturated heterocycles. The first-order chi connectivity index (χ1) is 11.7. The van der Waals surface area contributed by atoms with Crippen LogP contribution in [0.2, 0.25) is 0 Å². The second-order valence-corrected chi connectivity index (χ2v) is 6.06. The van der Waals surface area contributed by atoms with E-state index in [4.69, 9.17) is 0 Å². The first-order valence-corrected chi connectivity index (χ1v) is 7.86. The molecule has 0 amide bonds. The predicted molar refractivity (Wildman–Crippen MR) is 88.0 cm³/mol. The standard InChI is InChI=1S/C18H16N4O2/c23-15(18(7-8-18)14-5-2-1-3-6-14)11-13-12-19-17(21-16(13)24)22-10-4-9-20-22/h1-6,9-10,12H,7-8,11H2,(H,19,21,24). The summed E-state index contributed by atoms with van der Waals surface area (Å²) in [7, 11) is 0. The fourth-order valence-corrected chi connectivity index (χ4v) is 3.00. The minimum Gasteiger partial charge on any atom is -0.298 e. The molecule has 0 unspecified atom stereocenters. The topological polar surface area (TPSA) is 80.6 Å². The van der Waals surface area contributed by atoms with E-state index >= 15 is 0 Å². The number of nitrogens with zero attached hydrogens (tertiary/aromatic N) is 3. The van der Waals surface area contributed by atoms with E-state index in [0.29, 0.717) is 11.5 Å².